The third kappa shape index (κ3) is 4.05. The van der Waals surface area contributed by atoms with Crippen LogP contribution >= 0.6 is 0 Å². The van der Waals surface area contributed by atoms with Crippen LogP contribution in [-0.2, 0) is 0 Å². The Balaban J connectivity index is 2.82. The lowest BCUT2D eigenvalue weighted by atomic mass is 10.1. The van der Waals surface area contributed by atoms with E-state index in [1.165, 1.54) is 6.33 Å². The summed E-state index contributed by atoms with van der Waals surface area (Å²) >= 11 is 0. The number of aromatic nitrogens is 2. The molecule has 0 aliphatic heterocycles. The first-order chi connectivity index (χ1) is 8.41. The van der Waals surface area contributed by atoms with Gasteiger partial charge in [0.2, 0.25) is 5.88 Å². The SMILES string of the molecule is CC(C)CCN(C)c1ncnc(OC(C)C)c1N. The van der Waals surface area contributed by atoms with E-state index < -0.39 is 0 Å². The first-order valence-corrected chi connectivity index (χ1v) is 6.40. The van der Waals surface area contributed by atoms with Gasteiger partial charge in [0.05, 0.1) is 6.10 Å². The van der Waals surface area contributed by atoms with Gasteiger partial charge in [-0.2, -0.15) is 4.98 Å². The van der Waals surface area contributed by atoms with Crippen LogP contribution in [0.15, 0.2) is 6.33 Å². The van der Waals surface area contributed by atoms with Crippen LogP contribution in [0.1, 0.15) is 34.1 Å². The number of nitrogen functional groups attached to an aromatic ring is 1. The summed E-state index contributed by atoms with van der Waals surface area (Å²) in [5, 5.41) is 0. The molecule has 0 fully saturated rings. The van der Waals surface area contributed by atoms with Crippen molar-refractivity contribution in [2.24, 2.45) is 5.92 Å². The lowest BCUT2D eigenvalue weighted by molar-refractivity contribution is 0.234. The van der Waals surface area contributed by atoms with E-state index in [9.17, 15) is 0 Å². The van der Waals surface area contributed by atoms with Gasteiger partial charge in [0.25, 0.3) is 0 Å². The number of anilines is 2. The fraction of sp³-hybridized carbons (Fsp3) is 0.692. The van der Waals surface area contributed by atoms with Crippen LogP contribution in [0.3, 0.4) is 0 Å². The van der Waals surface area contributed by atoms with Crippen molar-refractivity contribution in [1.29, 1.82) is 0 Å². The highest BCUT2D eigenvalue weighted by Crippen LogP contribution is 2.27. The largest absolute Gasteiger partial charge is 0.473 e. The third-order valence-electron chi connectivity index (χ3n) is 2.58. The van der Waals surface area contributed by atoms with Crippen molar-refractivity contribution in [3.63, 3.8) is 0 Å². The Labute approximate surface area is 109 Å². The van der Waals surface area contributed by atoms with E-state index in [0.29, 0.717) is 17.5 Å². The van der Waals surface area contributed by atoms with E-state index in [4.69, 9.17) is 10.5 Å². The van der Waals surface area contributed by atoms with Crippen molar-refractivity contribution in [2.75, 3.05) is 24.2 Å². The molecule has 0 bridgehead atoms. The molecule has 0 aromatic carbocycles. The molecule has 0 saturated heterocycles. The van der Waals surface area contributed by atoms with Crippen molar-refractivity contribution in [1.82, 2.24) is 9.97 Å². The molecule has 102 valence electrons. The number of nitrogens with zero attached hydrogens (tertiary/aromatic N) is 3. The number of ether oxygens (including phenoxy) is 1. The quantitative estimate of drug-likeness (QED) is 0.841. The van der Waals surface area contributed by atoms with Crippen molar-refractivity contribution in [2.45, 2.75) is 40.2 Å². The predicted molar refractivity (Wildman–Crippen MR) is 74.9 cm³/mol. The molecular formula is C13H24N4O. The second kappa shape index (κ2) is 6.42. The van der Waals surface area contributed by atoms with Crippen LogP contribution < -0.4 is 15.4 Å². The van der Waals surface area contributed by atoms with Crippen molar-refractivity contribution < 1.29 is 4.74 Å². The number of hydrogen-bond acceptors (Lipinski definition) is 5. The van der Waals surface area contributed by atoms with Crippen LogP contribution in [0, 0.1) is 5.92 Å². The van der Waals surface area contributed by atoms with Gasteiger partial charge in [0.15, 0.2) is 5.82 Å². The molecule has 0 saturated carbocycles. The third-order valence-corrected chi connectivity index (χ3v) is 2.58. The Kier molecular flexibility index (Phi) is 5.19. The zero-order valence-electron chi connectivity index (χ0n) is 12.0. The molecule has 1 aromatic rings. The summed E-state index contributed by atoms with van der Waals surface area (Å²) in [6.07, 6.45) is 2.64. The Bertz CT molecular complexity index is 379. The average molecular weight is 252 g/mol. The van der Waals surface area contributed by atoms with Gasteiger partial charge in [-0.05, 0) is 26.2 Å². The Morgan fingerprint density at radius 1 is 1.28 bits per heavy atom. The van der Waals surface area contributed by atoms with E-state index in [1.807, 2.05) is 25.8 Å². The van der Waals surface area contributed by atoms with Gasteiger partial charge in [-0.3, -0.25) is 0 Å². The van der Waals surface area contributed by atoms with Crippen LogP contribution in [0.2, 0.25) is 0 Å². The predicted octanol–water partition coefficient (Wildman–Crippen LogP) is 2.33. The summed E-state index contributed by atoms with van der Waals surface area (Å²) < 4.78 is 5.56. The Morgan fingerprint density at radius 3 is 2.50 bits per heavy atom. The van der Waals surface area contributed by atoms with Crippen LogP contribution in [0.5, 0.6) is 5.88 Å². The number of hydrogen-bond donors (Lipinski definition) is 1. The summed E-state index contributed by atoms with van der Waals surface area (Å²) in [4.78, 5) is 10.4. The van der Waals surface area contributed by atoms with Crippen molar-refractivity contribution in [3.05, 3.63) is 6.33 Å². The number of nitrogens with two attached hydrogens (primary N) is 1. The molecule has 0 aliphatic rings. The van der Waals surface area contributed by atoms with E-state index in [0.717, 1.165) is 18.8 Å². The molecule has 18 heavy (non-hydrogen) atoms. The lowest BCUT2D eigenvalue weighted by Crippen LogP contribution is -2.23. The van der Waals surface area contributed by atoms with Gasteiger partial charge >= 0.3 is 0 Å². The van der Waals surface area contributed by atoms with Gasteiger partial charge in [-0.1, -0.05) is 13.8 Å². The van der Waals surface area contributed by atoms with E-state index in [2.05, 4.69) is 23.8 Å². The maximum atomic E-state index is 6.05. The van der Waals surface area contributed by atoms with Gasteiger partial charge < -0.3 is 15.4 Å². The fourth-order valence-electron chi connectivity index (χ4n) is 1.55. The topological polar surface area (TPSA) is 64.3 Å². The molecule has 0 atom stereocenters. The first kappa shape index (κ1) is 14.5. The van der Waals surface area contributed by atoms with E-state index in [1.54, 1.807) is 0 Å². The minimum absolute atomic E-state index is 0.0519. The van der Waals surface area contributed by atoms with Gasteiger partial charge in [-0.15, -0.1) is 0 Å². The monoisotopic (exact) mass is 252 g/mol. The second-order valence-corrected chi connectivity index (χ2v) is 5.19. The zero-order valence-corrected chi connectivity index (χ0v) is 12.0. The molecule has 0 aliphatic carbocycles. The van der Waals surface area contributed by atoms with E-state index >= 15 is 0 Å². The maximum absolute atomic E-state index is 6.05. The molecule has 0 radical (unpaired) electrons. The summed E-state index contributed by atoms with van der Waals surface area (Å²) in [5.74, 6) is 1.86. The van der Waals surface area contributed by atoms with Crippen molar-refractivity contribution >= 4 is 11.5 Å². The lowest BCUT2D eigenvalue weighted by Gasteiger charge is -2.21. The zero-order chi connectivity index (χ0) is 13.7. The molecule has 0 spiro atoms. The molecule has 0 amide bonds. The summed E-state index contributed by atoms with van der Waals surface area (Å²) in [6, 6.07) is 0. The molecule has 0 unspecified atom stereocenters. The van der Waals surface area contributed by atoms with Crippen LogP contribution in [-0.4, -0.2) is 29.7 Å². The average Bonchev–Trinajstić information content (AvgIpc) is 2.28. The van der Waals surface area contributed by atoms with E-state index in [-0.39, 0.29) is 6.10 Å². The highest BCUT2D eigenvalue weighted by Gasteiger charge is 2.14. The molecule has 5 heteroatoms. The Morgan fingerprint density at radius 2 is 1.94 bits per heavy atom. The summed E-state index contributed by atoms with van der Waals surface area (Å²) in [7, 11) is 1.99. The molecule has 1 rings (SSSR count). The summed E-state index contributed by atoms with van der Waals surface area (Å²) in [5.41, 5.74) is 6.56. The summed E-state index contributed by atoms with van der Waals surface area (Å²) in [6.45, 7) is 9.21. The van der Waals surface area contributed by atoms with Crippen molar-refractivity contribution in [3.8, 4) is 5.88 Å². The molecular weight excluding hydrogens is 228 g/mol. The minimum Gasteiger partial charge on any atom is -0.473 e. The van der Waals surface area contributed by atoms with Crippen LogP contribution in [0.4, 0.5) is 11.5 Å². The molecule has 1 aromatic heterocycles. The number of rotatable bonds is 6. The van der Waals surface area contributed by atoms with Gasteiger partial charge in [0, 0.05) is 13.6 Å². The Hall–Kier alpha value is -1.52. The molecule has 1 heterocycles. The maximum Gasteiger partial charge on any atom is 0.242 e. The standard InChI is InChI=1S/C13H24N4O/c1-9(2)6-7-17(5)12-11(14)13(16-8-15-12)18-10(3)4/h8-10H,6-7,14H2,1-5H3. The highest BCUT2D eigenvalue weighted by atomic mass is 16.5. The van der Waals surface area contributed by atoms with Crippen LogP contribution in [0.25, 0.3) is 0 Å². The first-order valence-electron chi connectivity index (χ1n) is 6.40. The molecule has 2 N–H and O–H groups in total. The van der Waals surface area contributed by atoms with Gasteiger partial charge in [0.1, 0.15) is 12.0 Å². The minimum atomic E-state index is 0.0519. The normalized spacial score (nSPS) is 11.1. The second-order valence-electron chi connectivity index (χ2n) is 5.19. The highest BCUT2D eigenvalue weighted by molar-refractivity contribution is 5.67. The molecule has 5 nitrogen and oxygen atoms in total. The fourth-order valence-corrected chi connectivity index (χ4v) is 1.55. The van der Waals surface area contributed by atoms with Gasteiger partial charge in [-0.25, -0.2) is 4.98 Å². The smallest absolute Gasteiger partial charge is 0.242 e.